The Bertz CT molecular complexity index is 1160. The minimum atomic E-state index is -2.57. The topological polar surface area (TPSA) is 95.3 Å². The van der Waals surface area contributed by atoms with Crippen molar-refractivity contribution in [2.75, 3.05) is 19.8 Å². The molecule has 0 aliphatic rings. The molecule has 2 aromatic heterocycles. The third-order valence-electron chi connectivity index (χ3n) is 4.94. The molecule has 0 atom stereocenters. The van der Waals surface area contributed by atoms with Gasteiger partial charge in [-0.15, -0.1) is 0 Å². The standard InChI is InChI=1S/C23H26F2N4O4/c1-13(2)33-23(31)16-7-5-6-15-17(18-11-27-29(4)14(18)3)10-19(28-21(15)16)22(30)26-8-9-32-12-20(24)25/h5-7,10-11,13,20H,8-9,12H2,1-4H3,(H,26,30). The molecule has 3 rings (SSSR count). The fraction of sp³-hybridized carbons (Fsp3) is 0.391. The zero-order chi connectivity index (χ0) is 24.1. The highest BCUT2D eigenvalue weighted by Crippen LogP contribution is 2.32. The summed E-state index contributed by atoms with van der Waals surface area (Å²) in [4.78, 5) is 30.0. The molecule has 0 bridgehead atoms. The number of aromatic nitrogens is 3. The maximum atomic E-state index is 12.8. The highest BCUT2D eigenvalue weighted by Gasteiger charge is 2.21. The van der Waals surface area contributed by atoms with E-state index in [0.717, 1.165) is 11.3 Å². The second-order valence-electron chi connectivity index (χ2n) is 7.70. The van der Waals surface area contributed by atoms with Gasteiger partial charge in [0.05, 0.1) is 30.0 Å². The summed E-state index contributed by atoms with van der Waals surface area (Å²) in [6, 6.07) is 6.77. The number of carbonyl (C=O) groups is 2. The molecule has 1 N–H and O–H groups in total. The lowest BCUT2D eigenvalue weighted by Gasteiger charge is -2.14. The SMILES string of the molecule is Cc1c(-c2cc(C(=O)NCCOCC(F)F)nc3c(C(=O)OC(C)C)cccc23)cnn1C. The van der Waals surface area contributed by atoms with Gasteiger partial charge in [0.15, 0.2) is 0 Å². The number of halogens is 2. The number of hydrogen-bond donors (Lipinski definition) is 1. The van der Waals surface area contributed by atoms with Crippen molar-refractivity contribution in [3.05, 3.63) is 47.4 Å². The van der Waals surface area contributed by atoms with Crippen molar-refractivity contribution < 1.29 is 27.8 Å². The van der Waals surface area contributed by atoms with Crippen molar-refractivity contribution in [1.29, 1.82) is 0 Å². The van der Waals surface area contributed by atoms with Crippen LogP contribution >= 0.6 is 0 Å². The van der Waals surface area contributed by atoms with Gasteiger partial charge in [0.1, 0.15) is 12.3 Å². The molecule has 3 aromatic rings. The molecule has 176 valence electrons. The van der Waals surface area contributed by atoms with Crippen LogP contribution in [0.3, 0.4) is 0 Å². The molecule has 10 heteroatoms. The Hall–Kier alpha value is -3.40. The molecule has 0 radical (unpaired) electrons. The van der Waals surface area contributed by atoms with Crippen LogP contribution in [0.2, 0.25) is 0 Å². The van der Waals surface area contributed by atoms with Crippen LogP contribution in [0.25, 0.3) is 22.0 Å². The number of fused-ring (bicyclic) bond motifs is 1. The van der Waals surface area contributed by atoms with Gasteiger partial charge in [-0.1, -0.05) is 12.1 Å². The van der Waals surface area contributed by atoms with Gasteiger partial charge in [0.2, 0.25) is 0 Å². The van der Waals surface area contributed by atoms with Gasteiger partial charge >= 0.3 is 5.97 Å². The van der Waals surface area contributed by atoms with Gasteiger partial charge in [-0.3, -0.25) is 9.48 Å². The number of para-hydroxylation sites is 1. The molecule has 0 unspecified atom stereocenters. The number of alkyl halides is 2. The summed E-state index contributed by atoms with van der Waals surface area (Å²) in [5, 5.41) is 7.56. The normalized spacial score (nSPS) is 11.4. The molecule has 0 spiro atoms. The molecule has 8 nitrogen and oxygen atoms in total. The van der Waals surface area contributed by atoms with Crippen LogP contribution < -0.4 is 5.32 Å². The smallest absolute Gasteiger partial charge is 0.340 e. The van der Waals surface area contributed by atoms with E-state index in [-0.39, 0.29) is 30.5 Å². The number of esters is 1. The molecule has 2 heterocycles. The number of hydrogen-bond acceptors (Lipinski definition) is 6. The molecule has 1 aromatic carbocycles. The van der Waals surface area contributed by atoms with Crippen molar-refractivity contribution in [1.82, 2.24) is 20.1 Å². The maximum absolute atomic E-state index is 12.8. The van der Waals surface area contributed by atoms with Gasteiger partial charge in [-0.2, -0.15) is 5.10 Å². The molecular weight excluding hydrogens is 434 g/mol. The summed E-state index contributed by atoms with van der Waals surface area (Å²) >= 11 is 0. The van der Waals surface area contributed by atoms with Gasteiger partial charge in [0, 0.05) is 30.2 Å². The number of nitrogens with one attached hydrogen (secondary N) is 1. The predicted molar refractivity (Wildman–Crippen MR) is 118 cm³/mol. The highest BCUT2D eigenvalue weighted by molar-refractivity contribution is 6.09. The number of nitrogens with zero attached hydrogens (tertiary/aromatic N) is 3. The van der Waals surface area contributed by atoms with Crippen molar-refractivity contribution >= 4 is 22.8 Å². The van der Waals surface area contributed by atoms with Crippen LogP contribution in [0.15, 0.2) is 30.5 Å². The van der Waals surface area contributed by atoms with Crippen molar-refractivity contribution in [3.8, 4) is 11.1 Å². The molecule has 33 heavy (non-hydrogen) atoms. The second kappa shape index (κ2) is 10.5. The monoisotopic (exact) mass is 460 g/mol. The van der Waals surface area contributed by atoms with Crippen molar-refractivity contribution in [2.24, 2.45) is 7.05 Å². The number of rotatable bonds is 9. The summed E-state index contributed by atoms with van der Waals surface area (Å²) in [6.07, 6.45) is -1.21. The molecular formula is C23H26F2N4O4. The largest absolute Gasteiger partial charge is 0.459 e. The number of amides is 1. The van der Waals surface area contributed by atoms with E-state index in [2.05, 4.69) is 15.4 Å². The Morgan fingerprint density at radius 3 is 2.61 bits per heavy atom. The van der Waals surface area contributed by atoms with Gasteiger partial charge in [-0.05, 0) is 38.5 Å². The van der Waals surface area contributed by atoms with E-state index in [1.165, 1.54) is 0 Å². The zero-order valence-corrected chi connectivity index (χ0v) is 18.9. The zero-order valence-electron chi connectivity index (χ0n) is 18.9. The maximum Gasteiger partial charge on any atom is 0.340 e. The first-order valence-corrected chi connectivity index (χ1v) is 10.5. The lowest BCUT2D eigenvalue weighted by Crippen LogP contribution is -2.28. The predicted octanol–water partition coefficient (Wildman–Crippen LogP) is 3.52. The van der Waals surface area contributed by atoms with Crippen LogP contribution in [0, 0.1) is 6.92 Å². The summed E-state index contributed by atoms with van der Waals surface area (Å²) < 4.78 is 36.2. The average molecular weight is 460 g/mol. The van der Waals surface area contributed by atoms with Crippen molar-refractivity contribution in [3.63, 3.8) is 0 Å². The Labute approximate surface area is 189 Å². The van der Waals surface area contributed by atoms with Crippen LogP contribution in [-0.4, -0.2) is 58.9 Å². The fourth-order valence-electron chi connectivity index (χ4n) is 3.29. The Morgan fingerprint density at radius 2 is 1.97 bits per heavy atom. The summed E-state index contributed by atoms with van der Waals surface area (Å²) in [5.41, 5.74) is 2.96. The van der Waals surface area contributed by atoms with Gasteiger partial charge in [0.25, 0.3) is 12.3 Å². The minimum Gasteiger partial charge on any atom is -0.459 e. The Balaban J connectivity index is 2.04. The fourth-order valence-corrected chi connectivity index (χ4v) is 3.29. The first-order valence-electron chi connectivity index (χ1n) is 10.5. The number of carbonyl (C=O) groups excluding carboxylic acids is 2. The number of benzene rings is 1. The molecule has 0 aliphatic heterocycles. The Kier molecular flexibility index (Phi) is 7.70. The van der Waals surface area contributed by atoms with Crippen LogP contribution in [0.1, 0.15) is 40.4 Å². The minimum absolute atomic E-state index is 0.0313. The van der Waals surface area contributed by atoms with E-state index in [9.17, 15) is 18.4 Å². The first kappa shape index (κ1) is 24.2. The van der Waals surface area contributed by atoms with Gasteiger partial charge in [-0.25, -0.2) is 18.6 Å². The summed E-state index contributed by atoms with van der Waals surface area (Å²) in [7, 11) is 1.81. The van der Waals surface area contributed by atoms with E-state index in [1.54, 1.807) is 50.0 Å². The third-order valence-corrected chi connectivity index (χ3v) is 4.94. The molecule has 0 aliphatic carbocycles. The van der Waals surface area contributed by atoms with E-state index >= 15 is 0 Å². The van der Waals surface area contributed by atoms with Crippen LogP contribution in [0.5, 0.6) is 0 Å². The number of pyridine rings is 1. The van der Waals surface area contributed by atoms with Crippen molar-refractivity contribution in [2.45, 2.75) is 33.3 Å². The summed E-state index contributed by atoms with van der Waals surface area (Å²) in [6.45, 7) is 4.65. The summed E-state index contributed by atoms with van der Waals surface area (Å²) in [5.74, 6) is -1.07. The molecule has 0 fully saturated rings. The van der Waals surface area contributed by atoms with E-state index < -0.39 is 24.9 Å². The second-order valence-corrected chi connectivity index (χ2v) is 7.70. The van der Waals surface area contributed by atoms with E-state index in [4.69, 9.17) is 9.47 Å². The van der Waals surface area contributed by atoms with Crippen LogP contribution in [0.4, 0.5) is 8.78 Å². The van der Waals surface area contributed by atoms with Gasteiger partial charge < -0.3 is 14.8 Å². The highest BCUT2D eigenvalue weighted by atomic mass is 19.3. The first-order chi connectivity index (χ1) is 15.7. The lowest BCUT2D eigenvalue weighted by atomic mass is 9.98. The number of ether oxygens (including phenoxy) is 2. The third kappa shape index (κ3) is 5.70. The lowest BCUT2D eigenvalue weighted by molar-refractivity contribution is 0.0188. The van der Waals surface area contributed by atoms with E-state index in [0.29, 0.717) is 16.5 Å². The Morgan fingerprint density at radius 1 is 1.21 bits per heavy atom. The molecule has 0 saturated heterocycles. The average Bonchev–Trinajstić information content (AvgIpc) is 3.09. The molecule has 0 saturated carbocycles. The van der Waals surface area contributed by atoms with Crippen LogP contribution in [-0.2, 0) is 16.5 Å². The van der Waals surface area contributed by atoms with E-state index in [1.807, 2.05) is 13.0 Å². The quantitative estimate of drug-likeness (QED) is 0.388. The number of aryl methyl sites for hydroxylation is 1. The molecule has 1 amide bonds.